The number of nitrogens with two attached hydrogens (primary N) is 1. The third-order valence-electron chi connectivity index (χ3n) is 8.07. The normalized spacial score (nSPS) is 22.0. The third-order valence-corrected chi connectivity index (χ3v) is 8.07. The molecule has 2 aromatic carbocycles. The highest BCUT2D eigenvalue weighted by atomic mass is 19.1. The summed E-state index contributed by atoms with van der Waals surface area (Å²) < 4.78 is 15.0. The van der Waals surface area contributed by atoms with Crippen molar-refractivity contribution in [2.24, 2.45) is 5.92 Å². The van der Waals surface area contributed by atoms with Gasteiger partial charge >= 0.3 is 0 Å². The van der Waals surface area contributed by atoms with Crippen LogP contribution in [0.25, 0.3) is 22.3 Å². The number of anilines is 1. The van der Waals surface area contributed by atoms with Crippen LogP contribution in [0, 0.1) is 11.9 Å². The molecular formula is C29H30FN5O2. The van der Waals surface area contributed by atoms with Gasteiger partial charge < -0.3 is 20.9 Å². The van der Waals surface area contributed by atoms with Gasteiger partial charge in [-0.25, -0.2) is 4.98 Å². The van der Waals surface area contributed by atoms with Gasteiger partial charge in [-0.15, -0.1) is 0 Å². The van der Waals surface area contributed by atoms with Gasteiger partial charge in [0.2, 0.25) is 11.9 Å². The molecule has 2 fully saturated rings. The summed E-state index contributed by atoms with van der Waals surface area (Å²) in [6, 6.07) is 15.3. The molecule has 3 heterocycles. The molecule has 1 saturated heterocycles. The number of amides is 2. The Balaban J connectivity index is 1.27. The smallest absolute Gasteiger partial charge is 0.251 e. The van der Waals surface area contributed by atoms with Crippen molar-refractivity contribution in [2.75, 3.05) is 46.0 Å². The lowest BCUT2D eigenvalue weighted by atomic mass is 9.92. The summed E-state index contributed by atoms with van der Waals surface area (Å²) in [5.74, 6) is 0.0700. The Bertz CT molecular complexity index is 1420. The van der Waals surface area contributed by atoms with E-state index >= 15 is 0 Å². The van der Waals surface area contributed by atoms with Crippen LogP contribution in [-0.4, -0.2) is 66.9 Å². The van der Waals surface area contributed by atoms with E-state index in [0.717, 1.165) is 42.6 Å². The van der Waals surface area contributed by atoms with E-state index in [2.05, 4.69) is 22.4 Å². The molecule has 7 nitrogen and oxygen atoms in total. The molecule has 8 heteroatoms. The summed E-state index contributed by atoms with van der Waals surface area (Å²) in [5.41, 5.74) is 11.5. The molecule has 6 rings (SSSR count). The second-order valence-corrected chi connectivity index (χ2v) is 10.8. The molecule has 0 bridgehead atoms. The fraction of sp³-hybridized carbons (Fsp3) is 0.345. The maximum Gasteiger partial charge on any atom is 0.251 e. The highest BCUT2D eigenvalue weighted by molar-refractivity contribution is 5.97. The van der Waals surface area contributed by atoms with Gasteiger partial charge in [-0.3, -0.25) is 9.59 Å². The number of hydrogen-bond acceptors (Lipinski definition) is 5. The second-order valence-electron chi connectivity index (χ2n) is 10.8. The number of carbonyl (C=O) groups excluding carboxylic acids is 2. The van der Waals surface area contributed by atoms with Crippen molar-refractivity contribution >= 4 is 17.6 Å². The predicted octanol–water partition coefficient (Wildman–Crippen LogP) is 3.08. The second kappa shape index (κ2) is 8.66. The van der Waals surface area contributed by atoms with E-state index in [-0.39, 0.29) is 23.0 Å². The summed E-state index contributed by atoms with van der Waals surface area (Å²) in [7, 11) is 3.81. The molecule has 3 aromatic rings. The van der Waals surface area contributed by atoms with Crippen molar-refractivity contribution in [2.45, 2.75) is 18.3 Å². The summed E-state index contributed by atoms with van der Waals surface area (Å²) >= 11 is 0. The Kier molecular flexibility index (Phi) is 5.53. The molecule has 1 saturated carbocycles. The maximum absolute atomic E-state index is 15.0. The van der Waals surface area contributed by atoms with Gasteiger partial charge in [0.15, 0.2) is 0 Å². The maximum atomic E-state index is 15.0. The van der Waals surface area contributed by atoms with E-state index in [1.54, 1.807) is 12.1 Å². The van der Waals surface area contributed by atoms with Crippen LogP contribution >= 0.6 is 0 Å². The quantitative estimate of drug-likeness (QED) is 0.527. The molecular weight excluding hydrogens is 469 g/mol. The van der Waals surface area contributed by atoms with Crippen LogP contribution < -0.4 is 11.1 Å². The summed E-state index contributed by atoms with van der Waals surface area (Å²) in [5, 5.41) is 2.85. The zero-order valence-corrected chi connectivity index (χ0v) is 21.1. The van der Waals surface area contributed by atoms with E-state index in [9.17, 15) is 14.0 Å². The van der Waals surface area contributed by atoms with E-state index in [1.807, 2.05) is 48.2 Å². The predicted molar refractivity (Wildman–Crippen MR) is 140 cm³/mol. The minimum Gasteiger partial charge on any atom is -0.383 e. The number of likely N-dealkylation sites (tertiary alicyclic amines) is 1. The molecule has 37 heavy (non-hydrogen) atoms. The first-order valence-corrected chi connectivity index (χ1v) is 12.7. The highest BCUT2D eigenvalue weighted by Crippen LogP contribution is 2.59. The molecule has 2 atom stereocenters. The molecule has 0 spiro atoms. The molecule has 0 radical (unpaired) electrons. The number of piperidine rings is 1. The number of halogens is 1. The van der Waals surface area contributed by atoms with Crippen LogP contribution in [0.2, 0.25) is 0 Å². The Hall–Kier alpha value is -3.78. The topological polar surface area (TPSA) is 91.6 Å². The van der Waals surface area contributed by atoms with E-state index in [1.165, 1.54) is 5.56 Å². The van der Waals surface area contributed by atoms with Crippen LogP contribution in [0.3, 0.4) is 0 Å². The number of nitrogen functional groups attached to an aromatic ring is 1. The molecule has 1 aliphatic carbocycles. The number of nitrogens with zero attached hydrogens (tertiary/aromatic N) is 3. The third kappa shape index (κ3) is 4.05. The Morgan fingerprint density at radius 2 is 1.89 bits per heavy atom. The van der Waals surface area contributed by atoms with Gasteiger partial charge in [0, 0.05) is 41.7 Å². The van der Waals surface area contributed by atoms with E-state index in [0.29, 0.717) is 35.7 Å². The standard InChI is InChI=1S/C29H30FN5O2/c1-34(2)15-25(36)35-14-21-13-29(21,16-35)20-6-3-17(4-7-20)23-12-24(27(31)33-26(23)30)18-5-8-22-19(11-18)9-10-32-28(22)37/h3-8,11-12,21H,9-10,13-16H2,1-2H3,(H2,31,33)(H,32,37)/t21-,29+/m1/s1. The number of pyridine rings is 1. The summed E-state index contributed by atoms with van der Waals surface area (Å²) in [6.07, 6.45) is 1.81. The van der Waals surface area contributed by atoms with Gasteiger partial charge in [0.1, 0.15) is 5.82 Å². The molecule has 0 unspecified atom stereocenters. The number of hydrogen-bond donors (Lipinski definition) is 2. The van der Waals surface area contributed by atoms with Crippen LogP contribution in [0.1, 0.15) is 27.9 Å². The van der Waals surface area contributed by atoms with Gasteiger partial charge in [-0.05, 0) is 67.2 Å². The van der Waals surface area contributed by atoms with Gasteiger partial charge in [-0.2, -0.15) is 4.39 Å². The largest absolute Gasteiger partial charge is 0.383 e. The van der Waals surface area contributed by atoms with E-state index in [4.69, 9.17) is 5.73 Å². The minimum atomic E-state index is -0.616. The number of nitrogens with one attached hydrogen (secondary N) is 1. The lowest BCUT2D eigenvalue weighted by Crippen LogP contribution is -2.38. The number of aromatic nitrogens is 1. The molecule has 190 valence electrons. The van der Waals surface area contributed by atoms with E-state index < -0.39 is 5.95 Å². The van der Waals surface area contributed by atoms with Crippen molar-refractivity contribution in [1.29, 1.82) is 0 Å². The van der Waals surface area contributed by atoms with Crippen LogP contribution in [-0.2, 0) is 16.6 Å². The molecule has 3 N–H and O–H groups in total. The number of likely N-dealkylation sites (N-methyl/N-ethyl adjacent to an activating group) is 1. The summed E-state index contributed by atoms with van der Waals surface area (Å²) in [6.45, 7) is 2.55. The molecule has 2 aliphatic heterocycles. The fourth-order valence-electron chi connectivity index (χ4n) is 6.01. The average Bonchev–Trinajstić information content (AvgIpc) is 3.44. The van der Waals surface area contributed by atoms with Crippen molar-refractivity contribution in [3.63, 3.8) is 0 Å². The molecule has 2 amide bonds. The first-order chi connectivity index (χ1) is 17.7. The van der Waals surface area contributed by atoms with Crippen molar-refractivity contribution < 1.29 is 14.0 Å². The minimum absolute atomic E-state index is 0.0129. The number of carbonyl (C=O) groups is 2. The van der Waals surface area contributed by atoms with Crippen molar-refractivity contribution in [1.82, 2.24) is 20.1 Å². The SMILES string of the molecule is CN(C)CC(=O)N1C[C@H]2C[C@@]2(c2ccc(-c3cc(-c4ccc5c(c4)CCNC5=O)c(N)nc3F)cc2)C1. The zero-order valence-electron chi connectivity index (χ0n) is 21.1. The fourth-order valence-corrected chi connectivity index (χ4v) is 6.01. The average molecular weight is 500 g/mol. The monoisotopic (exact) mass is 499 g/mol. The zero-order chi connectivity index (χ0) is 25.9. The number of benzene rings is 2. The van der Waals surface area contributed by atoms with Crippen LogP contribution in [0.5, 0.6) is 0 Å². The first-order valence-electron chi connectivity index (χ1n) is 12.7. The number of rotatable bonds is 5. The van der Waals surface area contributed by atoms with Gasteiger partial charge in [0.05, 0.1) is 6.54 Å². The van der Waals surface area contributed by atoms with Crippen LogP contribution in [0.15, 0.2) is 48.5 Å². The summed E-state index contributed by atoms with van der Waals surface area (Å²) in [4.78, 5) is 32.5. The van der Waals surface area contributed by atoms with Gasteiger partial charge in [-0.1, -0.05) is 36.4 Å². The Morgan fingerprint density at radius 3 is 2.65 bits per heavy atom. The first kappa shape index (κ1) is 23.6. The van der Waals surface area contributed by atoms with Crippen molar-refractivity contribution in [3.05, 3.63) is 71.2 Å². The molecule has 1 aromatic heterocycles. The van der Waals surface area contributed by atoms with Crippen LogP contribution in [0.4, 0.5) is 10.2 Å². The Labute approximate surface area is 215 Å². The molecule has 3 aliphatic rings. The lowest BCUT2D eigenvalue weighted by Gasteiger charge is -2.23. The van der Waals surface area contributed by atoms with Crippen molar-refractivity contribution in [3.8, 4) is 22.3 Å². The number of fused-ring (bicyclic) bond motifs is 2. The Morgan fingerprint density at radius 1 is 1.14 bits per heavy atom. The van der Waals surface area contributed by atoms with Gasteiger partial charge in [0.25, 0.3) is 5.91 Å². The highest BCUT2D eigenvalue weighted by Gasteiger charge is 2.61. The lowest BCUT2D eigenvalue weighted by molar-refractivity contribution is -0.131.